The summed E-state index contributed by atoms with van der Waals surface area (Å²) in [6.45, 7) is -0.0775. The van der Waals surface area contributed by atoms with Gasteiger partial charge in [0, 0.05) is 83.0 Å². The number of amides is 4. The van der Waals surface area contributed by atoms with Crippen LogP contribution in [0.3, 0.4) is 0 Å². The third kappa shape index (κ3) is 9.24. The molecule has 1 spiro atoms. The Morgan fingerprint density at radius 1 is 0.984 bits per heavy atom. The lowest BCUT2D eigenvalue weighted by atomic mass is 9.79. The molecule has 3 aromatic rings. The average molecular weight is 880 g/mol. The molecule has 9 rings (SSSR count). The van der Waals surface area contributed by atoms with Gasteiger partial charge in [0.25, 0.3) is 5.91 Å². The molecule has 1 aromatic heterocycles. The highest BCUT2D eigenvalue weighted by atomic mass is 19.4. The van der Waals surface area contributed by atoms with Crippen molar-refractivity contribution in [3.05, 3.63) is 77.4 Å². The van der Waals surface area contributed by atoms with Gasteiger partial charge in [-0.3, -0.25) is 24.0 Å². The Bertz CT molecular complexity index is 2170. The summed E-state index contributed by atoms with van der Waals surface area (Å²) in [4.78, 5) is 59.2. The Kier molecular flexibility index (Phi) is 11.9. The first-order valence-corrected chi connectivity index (χ1v) is 22.0. The fourth-order valence-corrected chi connectivity index (χ4v) is 10.2. The molecule has 5 fully saturated rings. The van der Waals surface area contributed by atoms with Gasteiger partial charge in [-0.2, -0.15) is 18.3 Å². The van der Waals surface area contributed by atoms with E-state index < -0.39 is 78.7 Å². The van der Waals surface area contributed by atoms with Crippen molar-refractivity contribution in [2.75, 3.05) is 44.7 Å². The molecular formula is C45H53F4N7O7. The van der Waals surface area contributed by atoms with Crippen LogP contribution < -0.4 is 15.4 Å². The standard InChI is InChI=1S/C45H53F4N7O7/c1-53-34(11-16-50-53)41(58)52-40(39(28-7-8-28)29-9-10-29)42(59)51-33-22-36-31(21-32(33)46)35(56-24-37(45(47,48)49)55(25-38(56)57)30-12-19-61-20-13-30)23-44(63-36)14-17-54(18-15-44)43(60)62-26-27-5-3-2-4-6-27/h2-6,11,16,21-22,28-30,35,37,39-40H,7-10,12-15,17-20,23-26H2,1H3,(H,51,59)(H,52,58)/t35?,37-,40-/m0/s1. The first kappa shape index (κ1) is 43.0. The lowest BCUT2D eigenvalue weighted by Crippen LogP contribution is -2.65. The SMILES string of the molecule is Cn1nccc1C(=O)N[C@H](C(=O)Nc1cc2c(cc1F)C(N1C[C@@H](C(F)(F)F)N(C3CCOCC3)CC1=O)CC1(CCN(C(=O)OCc3ccccc3)CC1)O2)C(C1CC1)C1CC1. The highest BCUT2D eigenvalue weighted by Crippen LogP contribution is 2.52. The summed E-state index contributed by atoms with van der Waals surface area (Å²) in [5.74, 6) is -2.08. The quantitative estimate of drug-likeness (QED) is 0.222. The number of anilines is 1. The van der Waals surface area contributed by atoms with Gasteiger partial charge in [0.1, 0.15) is 41.6 Å². The minimum atomic E-state index is -4.67. The number of piperidine rings is 1. The number of likely N-dealkylation sites (tertiary alicyclic amines) is 1. The predicted octanol–water partition coefficient (Wildman–Crippen LogP) is 5.98. The van der Waals surface area contributed by atoms with E-state index in [0.717, 1.165) is 37.3 Å². The van der Waals surface area contributed by atoms with Crippen LogP contribution in [0.15, 0.2) is 54.7 Å². The number of benzene rings is 2. The number of halogens is 4. The molecule has 14 nitrogen and oxygen atoms in total. The molecule has 63 heavy (non-hydrogen) atoms. The molecular weight excluding hydrogens is 827 g/mol. The van der Waals surface area contributed by atoms with Crippen LogP contribution in [0.5, 0.6) is 5.75 Å². The maximum atomic E-state index is 16.5. The summed E-state index contributed by atoms with van der Waals surface area (Å²) in [7, 11) is 1.62. The Hall–Kier alpha value is -5.23. The number of rotatable bonds is 11. The second-order valence-corrected chi connectivity index (χ2v) is 18.1. The third-order valence-corrected chi connectivity index (χ3v) is 13.9. The molecule has 4 aliphatic heterocycles. The van der Waals surface area contributed by atoms with Crippen molar-refractivity contribution >= 4 is 29.5 Å². The predicted molar refractivity (Wildman–Crippen MR) is 219 cm³/mol. The topological polar surface area (TPSA) is 148 Å². The Morgan fingerprint density at radius 3 is 2.32 bits per heavy atom. The minimum absolute atomic E-state index is 0.0538. The van der Waals surface area contributed by atoms with Gasteiger partial charge in [0.15, 0.2) is 0 Å². The van der Waals surface area contributed by atoms with Crippen molar-refractivity contribution in [1.82, 2.24) is 29.8 Å². The molecule has 338 valence electrons. The normalized spacial score (nSPS) is 23.6. The molecule has 3 saturated heterocycles. The van der Waals surface area contributed by atoms with E-state index in [0.29, 0.717) is 26.1 Å². The van der Waals surface area contributed by atoms with Gasteiger partial charge >= 0.3 is 12.3 Å². The number of nitrogens with zero attached hydrogens (tertiary/aromatic N) is 5. The number of hydrogen-bond acceptors (Lipinski definition) is 9. The van der Waals surface area contributed by atoms with Gasteiger partial charge in [0.2, 0.25) is 11.8 Å². The summed E-state index contributed by atoms with van der Waals surface area (Å²) in [5, 5.41) is 9.75. The second-order valence-electron chi connectivity index (χ2n) is 18.1. The Balaban J connectivity index is 1.01. The fraction of sp³-hybridized carbons (Fsp3) is 0.578. The highest BCUT2D eigenvalue weighted by molar-refractivity contribution is 6.01. The van der Waals surface area contributed by atoms with Crippen molar-refractivity contribution in [2.45, 2.75) is 100 Å². The summed E-state index contributed by atoms with van der Waals surface area (Å²) in [6, 6.07) is 8.81. The number of ether oxygens (including phenoxy) is 3. The van der Waals surface area contributed by atoms with Crippen molar-refractivity contribution in [3.63, 3.8) is 0 Å². The fourth-order valence-electron chi connectivity index (χ4n) is 10.2. The zero-order valence-electron chi connectivity index (χ0n) is 35.2. The van der Waals surface area contributed by atoms with Crippen molar-refractivity contribution in [2.24, 2.45) is 24.8 Å². The van der Waals surface area contributed by atoms with Gasteiger partial charge in [-0.15, -0.1) is 0 Å². The van der Waals surface area contributed by atoms with E-state index in [4.69, 9.17) is 14.2 Å². The van der Waals surface area contributed by atoms with Crippen LogP contribution in [0.2, 0.25) is 0 Å². The lowest BCUT2D eigenvalue weighted by Gasteiger charge is -2.52. The molecule has 2 aliphatic carbocycles. The summed E-state index contributed by atoms with van der Waals surface area (Å²) < 4.78 is 80.6. The number of alkyl halides is 3. The molecule has 0 bridgehead atoms. The number of piperazine rings is 1. The molecule has 1 unspecified atom stereocenters. The lowest BCUT2D eigenvalue weighted by molar-refractivity contribution is -0.212. The molecule has 2 saturated carbocycles. The van der Waals surface area contributed by atoms with Crippen molar-refractivity contribution in [3.8, 4) is 5.75 Å². The van der Waals surface area contributed by atoms with Gasteiger partial charge in [-0.25, -0.2) is 9.18 Å². The van der Waals surface area contributed by atoms with Gasteiger partial charge < -0.3 is 34.6 Å². The molecule has 3 atom stereocenters. The Morgan fingerprint density at radius 2 is 1.68 bits per heavy atom. The smallest absolute Gasteiger partial charge is 0.410 e. The van der Waals surface area contributed by atoms with Crippen molar-refractivity contribution in [1.29, 1.82) is 0 Å². The zero-order chi connectivity index (χ0) is 44.0. The second kappa shape index (κ2) is 17.4. The zero-order valence-corrected chi connectivity index (χ0v) is 35.2. The first-order valence-electron chi connectivity index (χ1n) is 22.0. The van der Waals surface area contributed by atoms with E-state index in [2.05, 4.69) is 15.7 Å². The van der Waals surface area contributed by atoms with E-state index in [9.17, 15) is 32.3 Å². The number of aromatic nitrogens is 2. The molecule has 0 radical (unpaired) electrons. The molecule has 2 N–H and O–H groups in total. The third-order valence-electron chi connectivity index (χ3n) is 13.9. The van der Waals surface area contributed by atoms with E-state index in [-0.39, 0.29) is 79.4 Å². The van der Waals surface area contributed by atoms with E-state index in [1.165, 1.54) is 26.7 Å². The first-order chi connectivity index (χ1) is 30.3. The van der Waals surface area contributed by atoms with E-state index in [1.54, 1.807) is 18.0 Å². The van der Waals surface area contributed by atoms with Crippen LogP contribution in [0, 0.1) is 23.6 Å². The number of aryl methyl sites for hydroxylation is 1. The number of hydrogen-bond donors (Lipinski definition) is 2. The van der Waals surface area contributed by atoms with Gasteiger partial charge in [0.05, 0.1) is 18.3 Å². The summed E-state index contributed by atoms with van der Waals surface area (Å²) in [5.41, 5.74) is -0.0354. The van der Waals surface area contributed by atoms with Crippen LogP contribution in [-0.4, -0.2) is 118 Å². The molecule has 6 aliphatic rings. The Labute approximate surface area is 362 Å². The average Bonchev–Trinajstić information content (AvgIpc) is 4.23. The van der Waals surface area contributed by atoms with Crippen LogP contribution in [0.25, 0.3) is 0 Å². The van der Waals surface area contributed by atoms with Gasteiger partial charge in [-0.1, -0.05) is 30.3 Å². The van der Waals surface area contributed by atoms with Gasteiger partial charge in [-0.05, 0) is 74.0 Å². The van der Waals surface area contributed by atoms with Crippen LogP contribution >= 0.6 is 0 Å². The largest absolute Gasteiger partial charge is 0.487 e. The maximum absolute atomic E-state index is 16.5. The maximum Gasteiger partial charge on any atom is 0.410 e. The minimum Gasteiger partial charge on any atom is -0.487 e. The number of nitrogens with one attached hydrogen (secondary N) is 2. The summed E-state index contributed by atoms with van der Waals surface area (Å²) in [6.07, 6.45) is 1.21. The van der Waals surface area contributed by atoms with Crippen LogP contribution in [0.1, 0.15) is 85.4 Å². The molecule has 2 aromatic carbocycles. The van der Waals surface area contributed by atoms with Crippen molar-refractivity contribution < 1.29 is 51.0 Å². The number of carbonyl (C=O) groups excluding carboxylic acids is 4. The van der Waals surface area contributed by atoms with Crippen LogP contribution in [0.4, 0.5) is 28.0 Å². The van der Waals surface area contributed by atoms with E-state index >= 15 is 4.39 Å². The van der Waals surface area contributed by atoms with Crippen LogP contribution in [-0.2, 0) is 32.7 Å². The van der Waals surface area contributed by atoms with E-state index in [1.807, 2.05) is 30.3 Å². The number of fused-ring (bicyclic) bond motifs is 1. The monoisotopic (exact) mass is 879 g/mol. The summed E-state index contributed by atoms with van der Waals surface area (Å²) >= 11 is 0. The highest BCUT2D eigenvalue weighted by Gasteiger charge is 2.55. The molecule has 4 amide bonds. The number of carbonyl (C=O) groups is 4. The molecule has 5 heterocycles. The molecule has 18 heteroatoms.